The fraction of sp³-hybridized carbons (Fsp3) is 0.176. The Kier molecular flexibility index (Phi) is 6.39. The summed E-state index contributed by atoms with van der Waals surface area (Å²) in [5.41, 5.74) is 2.22. The van der Waals surface area contributed by atoms with Gasteiger partial charge in [-0.2, -0.15) is 0 Å². The number of carbonyl (C=O) groups is 2. The number of hydrogen-bond donors (Lipinski definition) is 3. The van der Waals surface area contributed by atoms with Gasteiger partial charge in [0.05, 0.1) is 4.92 Å². The summed E-state index contributed by atoms with van der Waals surface area (Å²) < 4.78 is 13.0. The summed E-state index contributed by atoms with van der Waals surface area (Å²) in [6.07, 6.45) is 0. The van der Waals surface area contributed by atoms with Gasteiger partial charge < -0.3 is 10.2 Å². The van der Waals surface area contributed by atoms with E-state index in [9.17, 15) is 24.1 Å². The van der Waals surface area contributed by atoms with Gasteiger partial charge in [0.2, 0.25) is 0 Å². The van der Waals surface area contributed by atoms with Crippen molar-refractivity contribution in [1.82, 2.24) is 10.4 Å². The minimum absolute atomic E-state index is 0.0559. The summed E-state index contributed by atoms with van der Waals surface area (Å²) >= 11 is 0. The van der Waals surface area contributed by atoms with Gasteiger partial charge in [0.25, 0.3) is 11.6 Å². The highest BCUT2D eigenvalue weighted by molar-refractivity contribution is 5.93. The number of non-ortho nitro benzene ring substituents is 1. The predicted octanol–water partition coefficient (Wildman–Crippen LogP) is 2.66. The number of nitro groups is 1. The van der Waals surface area contributed by atoms with Crippen LogP contribution in [-0.2, 0) is 11.3 Å². The second kappa shape index (κ2) is 8.72. The zero-order valence-corrected chi connectivity index (χ0v) is 14.3. The van der Waals surface area contributed by atoms with E-state index in [1.807, 2.05) is 0 Å². The van der Waals surface area contributed by atoms with Crippen LogP contribution in [0.25, 0.3) is 0 Å². The van der Waals surface area contributed by atoms with Crippen LogP contribution in [0.4, 0.5) is 20.6 Å². The topological polar surface area (TPSA) is 125 Å². The summed E-state index contributed by atoms with van der Waals surface area (Å²) in [6.45, 7) is 1.35. The number of nitro benzene ring substituents is 1. The monoisotopic (exact) mass is 376 g/mol. The molecule has 0 aliphatic heterocycles. The average Bonchev–Trinajstić information content (AvgIpc) is 2.67. The lowest BCUT2D eigenvalue weighted by Crippen LogP contribution is -2.48. The molecule has 3 N–H and O–H groups in total. The first kappa shape index (κ1) is 19.8. The van der Waals surface area contributed by atoms with Crippen molar-refractivity contribution < 1.29 is 24.1 Å². The molecule has 2 rings (SSSR count). The molecule has 0 saturated carbocycles. The van der Waals surface area contributed by atoms with Crippen molar-refractivity contribution in [2.45, 2.75) is 19.5 Å². The molecule has 0 radical (unpaired) electrons. The first-order valence-electron chi connectivity index (χ1n) is 7.82. The van der Waals surface area contributed by atoms with Gasteiger partial charge in [-0.25, -0.2) is 14.7 Å². The van der Waals surface area contributed by atoms with Crippen LogP contribution in [0, 0.1) is 15.9 Å². The third-order valence-electron chi connectivity index (χ3n) is 3.81. The number of carbonyl (C=O) groups excluding carboxylic acids is 2. The van der Waals surface area contributed by atoms with Gasteiger partial charge in [-0.15, -0.1) is 0 Å². The molecule has 0 unspecified atom stereocenters. The smallest absolute Gasteiger partial charge is 0.308 e. The average molecular weight is 376 g/mol. The molecule has 0 fully saturated rings. The van der Waals surface area contributed by atoms with Gasteiger partial charge >= 0.3 is 6.03 Å². The van der Waals surface area contributed by atoms with E-state index in [0.717, 1.165) is 4.90 Å². The van der Waals surface area contributed by atoms with Gasteiger partial charge in [-0.1, -0.05) is 12.1 Å². The van der Waals surface area contributed by atoms with Crippen LogP contribution >= 0.6 is 0 Å². The molecule has 27 heavy (non-hydrogen) atoms. The third-order valence-corrected chi connectivity index (χ3v) is 3.81. The molecule has 142 valence electrons. The quantitative estimate of drug-likeness (QED) is 0.406. The van der Waals surface area contributed by atoms with Crippen LogP contribution in [0.5, 0.6) is 0 Å². The lowest BCUT2D eigenvalue weighted by Gasteiger charge is -2.28. The molecule has 0 spiro atoms. The minimum Gasteiger partial charge on any atom is -0.308 e. The number of rotatable bonds is 6. The van der Waals surface area contributed by atoms with E-state index in [4.69, 9.17) is 5.21 Å². The maximum absolute atomic E-state index is 13.0. The Morgan fingerprint density at radius 2 is 1.78 bits per heavy atom. The van der Waals surface area contributed by atoms with Gasteiger partial charge in [-0.05, 0) is 36.8 Å². The zero-order valence-electron chi connectivity index (χ0n) is 14.3. The van der Waals surface area contributed by atoms with Gasteiger partial charge in [0, 0.05) is 24.4 Å². The van der Waals surface area contributed by atoms with E-state index < -0.39 is 28.7 Å². The maximum atomic E-state index is 13.0. The number of amides is 3. The van der Waals surface area contributed by atoms with Crippen molar-refractivity contribution in [1.29, 1.82) is 0 Å². The molecule has 0 aliphatic carbocycles. The van der Waals surface area contributed by atoms with Crippen LogP contribution in [0.15, 0.2) is 48.5 Å². The molecule has 2 aromatic carbocycles. The minimum atomic E-state index is -1.05. The maximum Gasteiger partial charge on any atom is 0.322 e. The molecule has 0 bridgehead atoms. The van der Waals surface area contributed by atoms with Gasteiger partial charge in [-0.3, -0.25) is 20.1 Å². The standard InChI is InChI=1S/C17H17FN4O5/c1-11(16(23)20-25)21(10-12-2-8-15(9-3-12)22(26)27)17(24)19-14-6-4-13(18)5-7-14/h2-9,11,25H,10H2,1H3,(H,19,24)(H,20,23)/t11-/m0/s1. The first-order valence-corrected chi connectivity index (χ1v) is 7.82. The Balaban J connectivity index is 2.21. The van der Waals surface area contributed by atoms with Gasteiger partial charge in [0.1, 0.15) is 11.9 Å². The van der Waals surface area contributed by atoms with Crippen LogP contribution < -0.4 is 10.8 Å². The second-order valence-corrected chi connectivity index (χ2v) is 5.64. The normalized spacial score (nSPS) is 11.4. The van der Waals surface area contributed by atoms with Crippen molar-refractivity contribution in [3.63, 3.8) is 0 Å². The Labute approximate surface area is 153 Å². The number of halogens is 1. The van der Waals surface area contributed by atoms with E-state index >= 15 is 0 Å². The molecule has 0 heterocycles. The Morgan fingerprint density at radius 1 is 1.19 bits per heavy atom. The Hall–Kier alpha value is -3.53. The lowest BCUT2D eigenvalue weighted by molar-refractivity contribution is -0.384. The molecular weight excluding hydrogens is 359 g/mol. The number of hydroxylamine groups is 1. The third kappa shape index (κ3) is 5.22. The summed E-state index contributed by atoms with van der Waals surface area (Å²) in [7, 11) is 0. The van der Waals surface area contributed by atoms with Crippen LogP contribution in [0.1, 0.15) is 12.5 Å². The molecule has 0 aliphatic rings. The molecule has 1 atom stereocenters. The summed E-state index contributed by atoms with van der Waals surface area (Å²) in [6, 6.07) is 8.80. The molecule has 3 amide bonds. The number of benzene rings is 2. The highest BCUT2D eigenvalue weighted by atomic mass is 19.1. The highest BCUT2D eigenvalue weighted by Crippen LogP contribution is 2.17. The summed E-state index contributed by atoms with van der Waals surface area (Å²) in [4.78, 5) is 35.7. The van der Waals surface area contributed by atoms with E-state index in [2.05, 4.69) is 5.32 Å². The van der Waals surface area contributed by atoms with Crippen molar-refractivity contribution in [2.75, 3.05) is 5.32 Å². The van der Waals surface area contributed by atoms with Crippen LogP contribution in [0.3, 0.4) is 0 Å². The highest BCUT2D eigenvalue weighted by Gasteiger charge is 2.26. The number of hydrogen-bond acceptors (Lipinski definition) is 5. The van der Waals surface area contributed by atoms with Crippen molar-refractivity contribution >= 4 is 23.3 Å². The molecule has 0 aromatic heterocycles. The first-order chi connectivity index (χ1) is 12.8. The number of anilines is 1. The summed E-state index contributed by atoms with van der Waals surface area (Å²) in [5.74, 6) is -1.28. The number of nitrogens with zero attached hydrogens (tertiary/aromatic N) is 2. The SMILES string of the molecule is C[C@@H](C(=O)NO)N(Cc1ccc([N+](=O)[O-])cc1)C(=O)Nc1ccc(F)cc1. The van der Waals surface area contributed by atoms with E-state index in [1.54, 1.807) is 0 Å². The Morgan fingerprint density at radius 3 is 2.30 bits per heavy atom. The summed E-state index contributed by atoms with van der Waals surface area (Å²) in [5, 5.41) is 22.1. The molecule has 10 heteroatoms. The fourth-order valence-corrected chi connectivity index (χ4v) is 2.27. The van der Waals surface area contributed by atoms with Crippen LogP contribution in [0.2, 0.25) is 0 Å². The largest absolute Gasteiger partial charge is 0.322 e. The molecule has 2 aromatic rings. The molecular formula is C17H17FN4O5. The number of urea groups is 1. The lowest BCUT2D eigenvalue weighted by atomic mass is 10.1. The molecule has 0 saturated heterocycles. The predicted molar refractivity (Wildman–Crippen MR) is 93.4 cm³/mol. The van der Waals surface area contributed by atoms with Crippen molar-refractivity contribution in [3.05, 3.63) is 70.0 Å². The van der Waals surface area contributed by atoms with Crippen molar-refractivity contribution in [2.24, 2.45) is 0 Å². The molecule has 9 nitrogen and oxygen atoms in total. The van der Waals surface area contributed by atoms with E-state index in [1.165, 1.54) is 60.9 Å². The number of nitrogens with one attached hydrogen (secondary N) is 2. The van der Waals surface area contributed by atoms with E-state index in [0.29, 0.717) is 11.3 Å². The van der Waals surface area contributed by atoms with E-state index in [-0.39, 0.29) is 12.2 Å². The van der Waals surface area contributed by atoms with Crippen molar-refractivity contribution in [3.8, 4) is 0 Å². The second-order valence-electron chi connectivity index (χ2n) is 5.64. The fourth-order valence-electron chi connectivity index (χ4n) is 2.27. The zero-order chi connectivity index (χ0) is 20.0. The Bertz CT molecular complexity index is 826. The van der Waals surface area contributed by atoms with Gasteiger partial charge in [0.15, 0.2) is 0 Å². The van der Waals surface area contributed by atoms with Crippen LogP contribution in [-0.4, -0.2) is 33.0 Å².